The van der Waals surface area contributed by atoms with Crippen LogP contribution in [0.15, 0.2) is 24.3 Å². The summed E-state index contributed by atoms with van der Waals surface area (Å²) in [5.74, 6) is -0.369. The number of anilines is 1. The normalized spacial score (nSPS) is 20.5. The second-order valence-corrected chi connectivity index (χ2v) is 3.26. The molecule has 1 fully saturated rings. The minimum atomic E-state index is -0.513. The van der Waals surface area contributed by atoms with E-state index < -0.39 is 6.09 Å². The zero-order chi connectivity index (χ0) is 10.8. The molecule has 15 heavy (non-hydrogen) atoms. The van der Waals surface area contributed by atoms with Crippen LogP contribution in [0.1, 0.15) is 0 Å². The minimum absolute atomic E-state index is 0.159. The predicted molar refractivity (Wildman–Crippen MR) is 51.1 cm³/mol. The Kier molecular flexibility index (Phi) is 2.55. The molecule has 1 unspecified atom stereocenters. The van der Waals surface area contributed by atoms with Crippen LogP contribution in [0.25, 0.3) is 0 Å². The van der Waals surface area contributed by atoms with E-state index in [2.05, 4.69) is 0 Å². The Bertz CT molecular complexity index is 365. The zero-order valence-corrected chi connectivity index (χ0v) is 7.89. The molecule has 0 saturated carbocycles. The number of hydrogen-bond donors (Lipinski definition) is 1. The fraction of sp³-hybridized carbons (Fsp3) is 0.300. The summed E-state index contributed by atoms with van der Waals surface area (Å²) < 4.78 is 17.5. The Balaban J connectivity index is 2.28. The predicted octanol–water partition coefficient (Wildman–Crippen LogP) is 1.14. The Morgan fingerprint density at radius 1 is 1.47 bits per heavy atom. The summed E-state index contributed by atoms with van der Waals surface area (Å²) in [4.78, 5) is 12.6. The van der Waals surface area contributed by atoms with E-state index in [0.29, 0.717) is 5.69 Å². The van der Waals surface area contributed by atoms with Crippen LogP contribution in [-0.2, 0) is 4.74 Å². The second-order valence-electron chi connectivity index (χ2n) is 3.26. The minimum Gasteiger partial charge on any atom is -0.447 e. The SMILES string of the molecule is O=C1OCC(CO)N1c1ccc(F)cc1. The molecule has 1 aliphatic rings. The van der Waals surface area contributed by atoms with Gasteiger partial charge in [-0.1, -0.05) is 0 Å². The number of rotatable bonds is 2. The third-order valence-corrected chi connectivity index (χ3v) is 2.28. The van der Waals surface area contributed by atoms with Crippen molar-refractivity contribution in [2.45, 2.75) is 6.04 Å². The molecular weight excluding hydrogens is 201 g/mol. The van der Waals surface area contributed by atoms with Crippen LogP contribution in [0.2, 0.25) is 0 Å². The number of carbonyl (C=O) groups excluding carboxylic acids is 1. The van der Waals surface area contributed by atoms with Gasteiger partial charge in [0.2, 0.25) is 0 Å². The maximum Gasteiger partial charge on any atom is 0.414 e. The molecule has 0 bridgehead atoms. The molecule has 0 spiro atoms. The van der Waals surface area contributed by atoms with Crippen LogP contribution >= 0.6 is 0 Å². The van der Waals surface area contributed by atoms with Gasteiger partial charge < -0.3 is 9.84 Å². The summed E-state index contributed by atoms with van der Waals surface area (Å²) in [6, 6.07) is 5.09. The third kappa shape index (κ3) is 1.78. The maximum atomic E-state index is 12.7. The largest absolute Gasteiger partial charge is 0.447 e. The van der Waals surface area contributed by atoms with Gasteiger partial charge in [-0.2, -0.15) is 0 Å². The van der Waals surface area contributed by atoms with Crippen molar-refractivity contribution in [1.82, 2.24) is 0 Å². The molecule has 1 N–H and O–H groups in total. The number of nitrogens with zero attached hydrogens (tertiary/aromatic N) is 1. The first-order chi connectivity index (χ1) is 7.22. The van der Waals surface area contributed by atoms with Crippen LogP contribution in [0.4, 0.5) is 14.9 Å². The summed E-state index contributed by atoms with van der Waals surface area (Å²) >= 11 is 0. The van der Waals surface area contributed by atoms with Crippen molar-refractivity contribution in [1.29, 1.82) is 0 Å². The average Bonchev–Trinajstić information content (AvgIpc) is 2.61. The van der Waals surface area contributed by atoms with E-state index in [1.165, 1.54) is 29.2 Å². The van der Waals surface area contributed by atoms with Gasteiger partial charge in [-0.3, -0.25) is 4.90 Å². The number of aliphatic hydroxyl groups is 1. The Morgan fingerprint density at radius 3 is 2.73 bits per heavy atom. The van der Waals surface area contributed by atoms with Crippen molar-refractivity contribution in [3.8, 4) is 0 Å². The van der Waals surface area contributed by atoms with Crippen LogP contribution < -0.4 is 4.90 Å². The van der Waals surface area contributed by atoms with Crippen molar-refractivity contribution in [2.24, 2.45) is 0 Å². The number of benzene rings is 1. The van der Waals surface area contributed by atoms with Gasteiger partial charge in [0.05, 0.1) is 12.6 Å². The lowest BCUT2D eigenvalue weighted by atomic mass is 10.2. The molecule has 0 aromatic heterocycles. The van der Waals surface area contributed by atoms with Crippen LogP contribution in [-0.4, -0.2) is 30.5 Å². The van der Waals surface area contributed by atoms with Gasteiger partial charge in [-0.15, -0.1) is 0 Å². The lowest BCUT2D eigenvalue weighted by molar-refractivity contribution is 0.174. The number of halogens is 1. The molecule has 1 aromatic carbocycles. The molecule has 1 aliphatic heterocycles. The van der Waals surface area contributed by atoms with Gasteiger partial charge in [0.1, 0.15) is 12.4 Å². The number of aliphatic hydroxyl groups excluding tert-OH is 1. The fourth-order valence-corrected chi connectivity index (χ4v) is 1.51. The average molecular weight is 211 g/mol. The van der Waals surface area contributed by atoms with Gasteiger partial charge in [-0.25, -0.2) is 9.18 Å². The molecule has 4 nitrogen and oxygen atoms in total. The van der Waals surface area contributed by atoms with E-state index in [1.807, 2.05) is 0 Å². The van der Waals surface area contributed by atoms with Gasteiger partial charge in [0.15, 0.2) is 0 Å². The molecule has 1 saturated heterocycles. The highest BCUT2D eigenvalue weighted by molar-refractivity contribution is 5.90. The van der Waals surface area contributed by atoms with Crippen molar-refractivity contribution in [3.05, 3.63) is 30.1 Å². The van der Waals surface area contributed by atoms with E-state index in [9.17, 15) is 9.18 Å². The molecule has 5 heteroatoms. The highest BCUT2D eigenvalue weighted by Gasteiger charge is 2.33. The van der Waals surface area contributed by atoms with Gasteiger partial charge in [0.25, 0.3) is 0 Å². The molecule has 0 aliphatic carbocycles. The Morgan fingerprint density at radius 2 is 2.13 bits per heavy atom. The molecule has 1 aromatic rings. The van der Waals surface area contributed by atoms with E-state index in [0.717, 1.165) is 0 Å². The maximum absolute atomic E-state index is 12.7. The first kappa shape index (κ1) is 9.92. The van der Waals surface area contributed by atoms with E-state index in [4.69, 9.17) is 9.84 Å². The highest BCUT2D eigenvalue weighted by atomic mass is 19.1. The molecule has 1 heterocycles. The molecule has 80 valence electrons. The first-order valence-electron chi connectivity index (χ1n) is 4.55. The van der Waals surface area contributed by atoms with Crippen molar-refractivity contribution in [2.75, 3.05) is 18.1 Å². The summed E-state index contributed by atoms with van der Waals surface area (Å²) in [5, 5.41) is 9.02. The van der Waals surface area contributed by atoms with Crippen LogP contribution in [0.5, 0.6) is 0 Å². The fourth-order valence-electron chi connectivity index (χ4n) is 1.51. The molecule has 0 radical (unpaired) electrons. The number of hydrogen-bond acceptors (Lipinski definition) is 3. The lowest BCUT2D eigenvalue weighted by Gasteiger charge is -2.19. The summed E-state index contributed by atoms with van der Waals surface area (Å²) in [5.41, 5.74) is 0.526. The lowest BCUT2D eigenvalue weighted by Crippen LogP contribution is -2.35. The van der Waals surface area contributed by atoms with E-state index in [-0.39, 0.29) is 25.1 Å². The second kappa shape index (κ2) is 3.86. The quantitative estimate of drug-likeness (QED) is 0.798. The molecular formula is C10H10FNO3. The Hall–Kier alpha value is -1.62. The van der Waals surface area contributed by atoms with E-state index >= 15 is 0 Å². The van der Waals surface area contributed by atoms with Crippen molar-refractivity contribution >= 4 is 11.8 Å². The van der Waals surface area contributed by atoms with Crippen molar-refractivity contribution < 1.29 is 19.0 Å². The topological polar surface area (TPSA) is 49.8 Å². The molecule has 2 rings (SSSR count). The Labute approximate surface area is 85.9 Å². The zero-order valence-electron chi connectivity index (χ0n) is 7.89. The third-order valence-electron chi connectivity index (χ3n) is 2.28. The molecule has 1 atom stereocenters. The van der Waals surface area contributed by atoms with Crippen LogP contribution in [0, 0.1) is 5.82 Å². The highest BCUT2D eigenvalue weighted by Crippen LogP contribution is 2.22. The summed E-state index contributed by atoms with van der Waals surface area (Å²) in [6.07, 6.45) is -0.513. The molecule has 1 amide bonds. The number of ether oxygens (including phenoxy) is 1. The standard InChI is InChI=1S/C10H10FNO3/c11-7-1-3-8(4-2-7)12-9(5-13)6-15-10(12)14/h1-4,9,13H,5-6H2. The van der Waals surface area contributed by atoms with Crippen molar-refractivity contribution in [3.63, 3.8) is 0 Å². The van der Waals surface area contributed by atoms with Crippen LogP contribution in [0.3, 0.4) is 0 Å². The smallest absolute Gasteiger partial charge is 0.414 e. The number of cyclic esters (lactones) is 1. The monoisotopic (exact) mass is 211 g/mol. The van der Waals surface area contributed by atoms with E-state index in [1.54, 1.807) is 0 Å². The van der Waals surface area contributed by atoms with Gasteiger partial charge in [0, 0.05) is 5.69 Å². The summed E-state index contributed by atoms with van der Waals surface area (Å²) in [6.45, 7) is -0.0180. The summed E-state index contributed by atoms with van der Waals surface area (Å²) in [7, 11) is 0. The van der Waals surface area contributed by atoms with Gasteiger partial charge >= 0.3 is 6.09 Å². The number of amides is 1. The first-order valence-corrected chi connectivity index (χ1v) is 4.55. The van der Waals surface area contributed by atoms with Gasteiger partial charge in [-0.05, 0) is 24.3 Å². The number of carbonyl (C=O) groups is 1.